The quantitative estimate of drug-likeness (QED) is 0.0195. The van der Waals surface area contributed by atoms with Crippen LogP contribution in [-0.4, -0.2) is 82.3 Å². The maximum Gasteiger partial charge on any atom is 0.306 e. The molecule has 66 heavy (non-hydrogen) atoms. The van der Waals surface area contributed by atoms with Gasteiger partial charge in [0.2, 0.25) is 0 Å². The number of unbranched alkanes of at least 4 members (excludes halogenated alkanes) is 24. The van der Waals surface area contributed by atoms with Crippen LogP contribution in [0.2, 0.25) is 0 Å². The molecule has 0 aliphatic heterocycles. The van der Waals surface area contributed by atoms with Gasteiger partial charge in [-0.3, -0.25) is 9.59 Å². The third-order valence-corrected chi connectivity index (χ3v) is 11.5. The van der Waals surface area contributed by atoms with Crippen LogP contribution in [0.1, 0.15) is 226 Å². The molecule has 0 bridgehead atoms. The minimum atomic E-state index is -1.64. The third-order valence-electron chi connectivity index (χ3n) is 11.5. The van der Waals surface area contributed by atoms with E-state index in [1.165, 1.54) is 135 Å². The minimum Gasteiger partial charge on any atom is -0.545 e. The van der Waals surface area contributed by atoms with Crippen LogP contribution in [0.4, 0.5) is 0 Å². The molecule has 0 rings (SSSR count). The Bertz CT molecular complexity index is 1270. The summed E-state index contributed by atoms with van der Waals surface area (Å²) in [6.07, 6.45) is 57.1. The smallest absolute Gasteiger partial charge is 0.306 e. The Hall–Kier alpha value is -3.01. The molecule has 2 atom stereocenters. The maximum atomic E-state index is 12.8. The minimum absolute atomic E-state index is 0.136. The lowest BCUT2D eigenvalue weighted by molar-refractivity contribution is -0.870. The SMILES string of the molecule is CC/C=C\C/C=C\C/C=C\C/C=C\C/C=C\CCCC(=O)OC(COC(=O)CCCCCCCCCCCCCCCCCCCCCCCCCC)COC(OCC[N+](C)(C)C)C(=O)[O-]. The summed E-state index contributed by atoms with van der Waals surface area (Å²) in [5, 5.41) is 11.7. The van der Waals surface area contributed by atoms with Crippen LogP contribution in [0, 0.1) is 0 Å². The van der Waals surface area contributed by atoms with Gasteiger partial charge in [-0.1, -0.05) is 222 Å². The largest absolute Gasteiger partial charge is 0.545 e. The van der Waals surface area contributed by atoms with Crippen molar-refractivity contribution in [2.75, 3.05) is 47.5 Å². The first-order chi connectivity index (χ1) is 32.1. The fourth-order valence-corrected chi connectivity index (χ4v) is 7.40. The molecule has 0 aliphatic rings. The lowest BCUT2D eigenvalue weighted by Gasteiger charge is -2.26. The Kier molecular flexibility index (Phi) is 46.2. The molecule has 0 aliphatic carbocycles. The van der Waals surface area contributed by atoms with Gasteiger partial charge < -0.3 is 33.3 Å². The van der Waals surface area contributed by atoms with Gasteiger partial charge in [-0.05, 0) is 51.4 Å². The number of likely N-dealkylation sites (N-methyl/N-ethyl adjacent to an activating group) is 1. The number of carbonyl (C=O) groups excluding carboxylic acids is 3. The zero-order valence-electron chi connectivity index (χ0n) is 43.3. The highest BCUT2D eigenvalue weighted by Crippen LogP contribution is 2.16. The predicted molar refractivity (Wildman–Crippen MR) is 274 cm³/mol. The van der Waals surface area contributed by atoms with E-state index in [-0.39, 0.29) is 38.6 Å². The van der Waals surface area contributed by atoms with E-state index >= 15 is 0 Å². The Morgan fingerprint density at radius 3 is 1.27 bits per heavy atom. The summed E-state index contributed by atoms with van der Waals surface area (Å²) in [7, 11) is 5.90. The molecular weight excluding hydrogens is 827 g/mol. The van der Waals surface area contributed by atoms with E-state index in [2.05, 4.69) is 74.6 Å². The Morgan fingerprint density at radius 1 is 0.470 bits per heavy atom. The van der Waals surface area contributed by atoms with E-state index in [0.717, 1.165) is 51.4 Å². The van der Waals surface area contributed by atoms with Crippen molar-refractivity contribution in [3.8, 4) is 0 Å². The van der Waals surface area contributed by atoms with E-state index in [0.29, 0.717) is 23.9 Å². The first kappa shape index (κ1) is 63.0. The van der Waals surface area contributed by atoms with E-state index in [9.17, 15) is 19.5 Å². The Morgan fingerprint density at radius 2 is 0.864 bits per heavy atom. The molecule has 9 nitrogen and oxygen atoms in total. The number of carboxylic acid groups (broad SMARTS) is 1. The number of ether oxygens (including phenoxy) is 4. The second kappa shape index (κ2) is 48.4. The van der Waals surface area contributed by atoms with E-state index < -0.39 is 24.3 Å². The summed E-state index contributed by atoms with van der Waals surface area (Å²) in [6, 6.07) is 0. The first-order valence-corrected chi connectivity index (χ1v) is 26.9. The number of hydrogen-bond donors (Lipinski definition) is 0. The molecule has 2 unspecified atom stereocenters. The van der Waals surface area contributed by atoms with Crippen LogP contribution in [0.5, 0.6) is 0 Å². The zero-order chi connectivity index (χ0) is 48.4. The average Bonchev–Trinajstić information content (AvgIpc) is 3.28. The number of carbonyl (C=O) groups is 3. The summed E-state index contributed by atoms with van der Waals surface area (Å²) in [5.41, 5.74) is 0. The standard InChI is InChI=1S/C57H101NO8/c1-6-8-10-12-14-16-18-20-22-24-25-26-27-28-29-30-32-33-35-37-39-41-43-45-47-54(59)64-51-53(52-65-57(56(61)62)63-50-49-58(3,4)5)66-55(60)48-46-44-42-40-38-36-34-31-23-21-19-17-15-13-11-9-7-2/h9,11,15,17,21,23,34,36,40,42,53,57H,6-8,10,12-14,16,18-20,22,24-33,35,37-39,41,43-52H2,1-5H3/b11-9-,17-15-,23-21-,36-34-,42-40-. The molecule has 0 fully saturated rings. The van der Waals surface area contributed by atoms with E-state index in [1.807, 2.05) is 21.1 Å². The molecule has 0 amide bonds. The molecule has 0 saturated heterocycles. The molecule has 0 aromatic rings. The fraction of sp³-hybridized carbons (Fsp3) is 0.772. The summed E-state index contributed by atoms with van der Waals surface area (Å²) in [5.74, 6) is -2.36. The summed E-state index contributed by atoms with van der Waals surface area (Å²) < 4.78 is 22.6. The number of aliphatic carboxylic acids is 1. The van der Waals surface area contributed by atoms with Crippen LogP contribution in [0.15, 0.2) is 60.8 Å². The van der Waals surface area contributed by atoms with Gasteiger partial charge >= 0.3 is 11.9 Å². The number of rotatable bonds is 49. The van der Waals surface area contributed by atoms with E-state index in [1.54, 1.807) is 0 Å². The van der Waals surface area contributed by atoms with Gasteiger partial charge in [0.15, 0.2) is 12.4 Å². The molecule has 0 aromatic carbocycles. The number of esters is 2. The monoisotopic (exact) mass is 928 g/mol. The van der Waals surface area contributed by atoms with Crippen molar-refractivity contribution in [2.24, 2.45) is 0 Å². The molecule has 0 aromatic heterocycles. The molecule has 0 saturated carbocycles. The maximum absolute atomic E-state index is 12.8. The first-order valence-electron chi connectivity index (χ1n) is 26.9. The van der Waals surface area contributed by atoms with Crippen molar-refractivity contribution >= 4 is 17.9 Å². The second-order valence-corrected chi connectivity index (χ2v) is 19.1. The lowest BCUT2D eigenvalue weighted by atomic mass is 10.0. The summed E-state index contributed by atoms with van der Waals surface area (Å²) in [4.78, 5) is 37.1. The molecule has 382 valence electrons. The van der Waals surface area contributed by atoms with Crippen molar-refractivity contribution < 1.29 is 42.9 Å². The average molecular weight is 928 g/mol. The summed E-state index contributed by atoms with van der Waals surface area (Å²) in [6.45, 7) is 4.58. The van der Waals surface area contributed by atoms with Gasteiger partial charge in [-0.15, -0.1) is 0 Å². The summed E-state index contributed by atoms with van der Waals surface area (Å²) >= 11 is 0. The molecule has 0 heterocycles. The van der Waals surface area contributed by atoms with Crippen molar-refractivity contribution in [2.45, 2.75) is 238 Å². The predicted octanol–water partition coefficient (Wildman–Crippen LogP) is 14.0. The third kappa shape index (κ3) is 48.9. The molecule has 0 N–H and O–H groups in total. The van der Waals surface area contributed by atoms with Gasteiger partial charge in [0.05, 0.1) is 40.3 Å². The van der Waals surface area contributed by atoms with Crippen molar-refractivity contribution in [1.82, 2.24) is 0 Å². The zero-order valence-corrected chi connectivity index (χ0v) is 43.3. The number of quaternary nitrogens is 1. The number of hydrogen-bond acceptors (Lipinski definition) is 8. The topological polar surface area (TPSA) is 111 Å². The van der Waals surface area contributed by atoms with Crippen molar-refractivity contribution in [3.63, 3.8) is 0 Å². The Labute approximate surface area is 405 Å². The number of nitrogens with zero attached hydrogens (tertiary/aromatic N) is 1. The number of allylic oxidation sites excluding steroid dienone is 10. The highest BCUT2D eigenvalue weighted by molar-refractivity contribution is 5.70. The second-order valence-electron chi connectivity index (χ2n) is 19.1. The van der Waals surface area contributed by atoms with Gasteiger partial charge in [0.25, 0.3) is 0 Å². The highest BCUT2D eigenvalue weighted by Gasteiger charge is 2.21. The van der Waals surface area contributed by atoms with E-state index in [4.69, 9.17) is 18.9 Å². The van der Waals surface area contributed by atoms with Gasteiger partial charge in [-0.25, -0.2) is 0 Å². The van der Waals surface area contributed by atoms with Gasteiger partial charge in [0, 0.05) is 12.8 Å². The Balaban J connectivity index is 4.31. The molecule has 0 radical (unpaired) electrons. The van der Waals surface area contributed by atoms with Crippen LogP contribution >= 0.6 is 0 Å². The number of carboxylic acids is 1. The highest BCUT2D eigenvalue weighted by atomic mass is 16.7. The van der Waals surface area contributed by atoms with Crippen molar-refractivity contribution in [3.05, 3.63) is 60.8 Å². The molecule has 9 heteroatoms. The fourth-order valence-electron chi connectivity index (χ4n) is 7.40. The molecular formula is C57H101NO8. The van der Waals surface area contributed by atoms with Gasteiger partial charge in [0.1, 0.15) is 13.2 Å². The normalized spacial score (nSPS) is 13.3. The van der Waals surface area contributed by atoms with Crippen LogP contribution < -0.4 is 5.11 Å². The van der Waals surface area contributed by atoms with Crippen LogP contribution in [-0.2, 0) is 33.3 Å². The van der Waals surface area contributed by atoms with Gasteiger partial charge in [-0.2, -0.15) is 0 Å². The molecule has 0 spiro atoms. The van der Waals surface area contributed by atoms with Crippen molar-refractivity contribution in [1.29, 1.82) is 0 Å². The van der Waals surface area contributed by atoms with Crippen LogP contribution in [0.25, 0.3) is 0 Å². The van der Waals surface area contributed by atoms with Crippen LogP contribution in [0.3, 0.4) is 0 Å². The lowest BCUT2D eigenvalue weighted by Crippen LogP contribution is -2.44.